The fourth-order valence-corrected chi connectivity index (χ4v) is 2.31. The van der Waals surface area contributed by atoms with Crippen LogP contribution >= 0.6 is 0 Å². The predicted molar refractivity (Wildman–Crippen MR) is 88.3 cm³/mol. The van der Waals surface area contributed by atoms with Gasteiger partial charge >= 0.3 is 0 Å². The number of hydrogen-bond acceptors (Lipinski definition) is 2. The molecule has 0 aliphatic heterocycles. The van der Waals surface area contributed by atoms with E-state index in [2.05, 4.69) is 29.1 Å². The van der Waals surface area contributed by atoms with Crippen LogP contribution in [0.25, 0.3) is 10.9 Å². The van der Waals surface area contributed by atoms with Crippen molar-refractivity contribution in [2.24, 2.45) is 11.1 Å². The van der Waals surface area contributed by atoms with Gasteiger partial charge in [-0.2, -0.15) is 0 Å². The maximum absolute atomic E-state index is 12.2. The van der Waals surface area contributed by atoms with Crippen molar-refractivity contribution in [1.82, 2.24) is 4.57 Å². The Morgan fingerprint density at radius 3 is 2.67 bits per heavy atom. The monoisotopic (exact) mass is 287 g/mol. The molecular formula is C17H25N3O. The van der Waals surface area contributed by atoms with E-state index in [0.29, 0.717) is 0 Å². The third-order valence-electron chi connectivity index (χ3n) is 3.72. The Morgan fingerprint density at radius 1 is 1.33 bits per heavy atom. The van der Waals surface area contributed by atoms with Gasteiger partial charge in [-0.1, -0.05) is 33.8 Å². The molecule has 1 atom stereocenters. The first-order chi connectivity index (χ1) is 9.82. The molecule has 0 saturated heterocycles. The van der Waals surface area contributed by atoms with Crippen LogP contribution in [0.15, 0.2) is 30.5 Å². The molecule has 1 amide bonds. The van der Waals surface area contributed by atoms with Crippen LogP contribution in [0, 0.1) is 5.41 Å². The molecule has 2 rings (SSSR count). The molecule has 3 N–H and O–H groups in total. The second-order valence-corrected chi connectivity index (χ2v) is 6.62. The third kappa shape index (κ3) is 3.45. The maximum atomic E-state index is 12.2. The predicted octanol–water partition coefficient (Wildman–Crippen LogP) is 3.36. The average Bonchev–Trinajstić information content (AvgIpc) is 2.80. The van der Waals surface area contributed by atoms with Crippen LogP contribution in [0.4, 0.5) is 5.69 Å². The van der Waals surface area contributed by atoms with Crippen LogP contribution in [0.1, 0.15) is 34.1 Å². The highest BCUT2D eigenvalue weighted by molar-refractivity contribution is 5.97. The van der Waals surface area contributed by atoms with Gasteiger partial charge in [-0.3, -0.25) is 4.79 Å². The average molecular weight is 287 g/mol. The summed E-state index contributed by atoms with van der Waals surface area (Å²) < 4.78 is 2.20. The zero-order valence-electron chi connectivity index (χ0n) is 13.3. The zero-order chi connectivity index (χ0) is 15.6. The van der Waals surface area contributed by atoms with Crippen molar-refractivity contribution in [3.05, 3.63) is 30.5 Å². The molecule has 0 bridgehead atoms. The fraction of sp³-hybridized carbons (Fsp3) is 0.471. The van der Waals surface area contributed by atoms with Crippen molar-refractivity contribution in [3.63, 3.8) is 0 Å². The van der Waals surface area contributed by atoms with Gasteiger partial charge in [-0.05, 0) is 35.4 Å². The van der Waals surface area contributed by atoms with E-state index in [-0.39, 0.29) is 11.3 Å². The number of nitrogens with zero attached hydrogens (tertiary/aromatic N) is 1. The van der Waals surface area contributed by atoms with Crippen LogP contribution in [-0.4, -0.2) is 16.5 Å². The Hall–Kier alpha value is -1.81. The Kier molecular flexibility index (Phi) is 4.37. The second kappa shape index (κ2) is 5.90. The molecule has 21 heavy (non-hydrogen) atoms. The highest BCUT2D eigenvalue weighted by Crippen LogP contribution is 2.23. The number of nitrogens with two attached hydrogens (primary N) is 1. The highest BCUT2D eigenvalue weighted by Gasteiger charge is 2.27. The minimum Gasteiger partial charge on any atom is -0.347 e. The lowest BCUT2D eigenvalue weighted by molar-refractivity contribution is -0.119. The van der Waals surface area contributed by atoms with Crippen molar-refractivity contribution in [1.29, 1.82) is 0 Å². The van der Waals surface area contributed by atoms with Crippen LogP contribution in [0.3, 0.4) is 0 Å². The molecule has 0 radical (unpaired) electrons. The number of rotatable bonds is 4. The van der Waals surface area contributed by atoms with Crippen LogP contribution < -0.4 is 11.1 Å². The van der Waals surface area contributed by atoms with Crippen molar-refractivity contribution in [3.8, 4) is 0 Å². The molecule has 114 valence electrons. The van der Waals surface area contributed by atoms with E-state index in [9.17, 15) is 4.79 Å². The zero-order valence-corrected chi connectivity index (χ0v) is 13.3. The first kappa shape index (κ1) is 15.6. The number of hydrogen-bond donors (Lipinski definition) is 2. The van der Waals surface area contributed by atoms with Crippen LogP contribution in [-0.2, 0) is 11.3 Å². The normalized spacial score (nSPS) is 13.4. The van der Waals surface area contributed by atoms with Gasteiger partial charge in [0, 0.05) is 18.4 Å². The lowest BCUT2D eigenvalue weighted by Gasteiger charge is -2.25. The summed E-state index contributed by atoms with van der Waals surface area (Å²) in [4.78, 5) is 12.2. The topological polar surface area (TPSA) is 60.0 Å². The molecular weight excluding hydrogens is 262 g/mol. The maximum Gasteiger partial charge on any atom is 0.241 e. The van der Waals surface area contributed by atoms with Crippen LogP contribution in [0.5, 0.6) is 0 Å². The second-order valence-electron chi connectivity index (χ2n) is 6.62. The summed E-state index contributed by atoms with van der Waals surface area (Å²) in [6.07, 6.45) is 3.16. The van der Waals surface area contributed by atoms with Gasteiger partial charge < -0.3 is 15.6 Å². The van der Waals surface area contributed by atoms with E-state index in [0.717, 1.165) is 24.2 Å². The Balaban J connectivity index is 2.23. The molecule has 1 heterocycles. The van der Waals surface area contributed by atoms with Gasteiger partial charge in [0.25, 0.3) is 0 Å². The molecule has 0 spiro atoms. The number of fused-ring (bicyclic) bond motifs is 1. The number of benzene rings is 1. The molecule has 0 unspecified atom stereocenters. The summed E-state index contributed by atoms with van der Waals surface area (Å²) in [6.45, 7) is 9.02. The third-order valence-corrected chi connectivity index (χ3v) is 3.72. The van der Waals surface area contributed by atoms with Crippen molar-refractivity contribution < 1.29 is 4.79 Å². The van der Waals surface area contributed by atoms with E-state index in [1.165, 1.54) is 5.39 Å². The summed E-state index contributed by atoms with van der Waals surface area (Å²) in [7, 11) is 0. The molecule has 4 heteroatoms. The molecule has 0 aliphatic rings. The van der Waals surface area contributed by atoms with Gasteiger partial charge in [0.2, 0.25) is 5.91 Å². The molecule has 1 aromatic heterocycles. The fourth-order valence-electron chi connectivity index (χ4n) is 2.31. The molecule has 4 nitrogen and oxygen atoms in total. The summed E-state index contributed by atoms with van der Waals surface area (Å²) in [5.74, 6) is -0.143. The number of anilines is 1. The summed E-state index contributed by atoms with van der Waals surface area (Å²) in [5, 5.41) is 4.10. The van der Waals surface area contributed by atoms with Crippen LogP contribution in [0.2, 0.25) is 0 Å². The number of aryl methyl sites for hydroxylation is 1. The largest absolute Gasteiger partial charge is 0.347 e. The standard InChI is InChI=1S/C17H25N3O/c1-5-9-20-10-8-12-6-7-13(11-14(12)20)19-16(21)15(18)17(2,3)4/h6-8,10-11,15H,5,9,18H2,1-4H3,(H,19,21)/t15-/m1/s1. The van der Waals surface area contributed by atoms with Gasteiger partial charge in [0.05, 0.1) is 11.6 Å². The van der Waals surface area contributed by atoms with E-state index in [4.69, 9.17) is 5.73 Å². The summed E-state index contributed by atoms with van der Waals surface area (Å²) >= 11 is 0. The number of nitrogens with one attached hydrogen (secondary N) is 1. The minimum atomic E-state index is -0.532. The van der Waals surface area contributed by atoms with Crippen molar-refractivity contribution in [2.45, 2.75) is 46.7 Å². The quantitative estimate of drug-likeness (QED) is 0.905. The first-order valence-corrected chi connectivity index (χ1v) is 7.48. The molecule has 0 fully saturated rings. The highest BCUT2D eigenvalue weighted by atomic mass is 16.2. The van der Waals surface area contributed by atoms with Crippen molar-refractivity contribution >= 4 is 22.5 Å². The first-order valence-electron chi connectivity index (χ1n) is 7.48. The van der Waals surface area contributed by atoms with E-state index in [1.54, 1.807) is 0 Å². The SMILES string of the molecule is CCCn1ccc2ccc(NC(=O)[C@@H](N)C(C)(C)C)cc21. The van der Waals surface area contributed by atoms with Gasteiger partial charge in [0.15, 0.2) is 0 Å². The number of carbonyl (C=O) groups excluding carboxylic acids is 1. The minimum absolute atomic E-state index is 0.143. The smallest absolute Gasteiger partial charge is 0.241 e. The lowest BCUT2D eigenvalue weighted by atomic mass is 9.87. The Labute approximate surface area is 126 Å². The van der Waals surface area contributed by atoms with Crippen molar-refractivity contribution in [2.75, 3.05) is 5.32 Å². The number of carbonyl (C=O) groups is 1. The summed E-state index contributed by atoms with van der Waals surface area (Å²) in [6, 6.07) is 7.53. The Bertz CT molecular complexity index is 637. The molecule has 2 aromatic rings. The lowest BCUT2D eigenvalue weighted by Crippen LogP contribution is -2.45. The molecule has 0 aliphatic carbocycles. The van der Waals surface area contributed by atoms with Gasteiger partial charge in [-0.25, -0.2) is 0 Å². The summed E-state index contributed by atoms with van der Waals surface area (Å²) in [5.41, 5.74) is 7.67. The number of aromatic nitrogens is 1. The van der Waals surface area contributed by atoms with E-state index in [1.807, 2.05) is 39.0 Å². The van der Waals surface area contributed by atoms with Gasteiger partial charge in [-0.15, -0.1) is 0 Å². The Morgan fingerprint density at radius 2 is 2.05 bits per heavy atom. The number of amides is 1. The van der Waals surface area contributed by atoms with E-state index >= 15 is 0 Å². The molecule has 1 aromatic carbocycles. The molecule has 0 saturated carbocycles. The van der Waals surface area contributed by atoms with Gasteiger partial charge in [0.1, 0.15) is 0 Å². The van der Waals surface area contributed by atoms with E-state index < -0.39 is 6.04 Å².